The van der Waals surface area contributed by atoms with Crippen LogP contribution >= 0.6 is 0 Å². The minimum atomic E-state index is -2.88. The largest absolute Gasteiger partial charge is 0.306 e. The van der Waals surface area contributed by atoms with Crippen LogP contribution in [0.1, 0.15) is 18.9 Å². The van der Waals surface area contributed by atoms with Gasteiger partial charge in [-0.15, -0.1) is 0 Å². The van der Waals surface area contributed by atoms with Crippen molar-refractivity contribution < 1.29 is 8.42 Å². The second-order valence-electron chi connectivity index (χ2n) is 5.75. The zero-order valence-electron chi connectivity index (χ0n) is 11.5. The van der Waals surface area contributed by atoms with E-state index in [1.165, 1.54) is 0 Å². The molecule has 1 aliphatic rings. The molecule has 0 aliphatic carbocycles. The van der Waals surface area contributed by atoms with Crippen LogP contribution in [0.15, 0.2) is 36.5 Å². The Morgan fingerprint density at radius 1 is 1.30 bits per heavy atom. The number of hydrogen-bond acceptors (Lipinski definition) is 4. The number of aromatic nitrogens is 1. The van der Waals surface area contributed by atoms with Gasteiger partial charge in [0, 0.05) is 23.7 Å². The van der Waals surface area contributed by atoms with E-state index in [4.69, 9.17) is 0 Å². The summed E-state index contributed by atoms with van der Waals surface area (Å²) < 4.78 is 23.2. The Hall–Kier alpha value is -1.46. The monoisotopic (exact) mass is 290 g/mol. The van der Waals surface area contributed by atoms with Crippen LogP contribution in [0, 0.1) is 0 Å². The van der Waals surface area contributed by atoms with Gasteiger partial charge in [-0.1, -0.05) is 24.3 Å². The van der Waals surface area contributed by atoms with E-state index in [0.29, 0.717) is 13.0 Å². The van der Waals surface area contributed by atoms with Gasteiger partial charge in [-0.2, -0.15) is 0 Å². The summed E-state index contributed by atoms with van der Waals surface area (Å²) in [5.41, 5.74) is 1.76. The van der Waals surface area contributed by atoms with E-state index in [2.05, 4.69) is 10.3 Å². The van der Waals surface area contributed by atoms with Gasteiger partial charge in [0.2, 0.25) is 0 Å². The van der Waals surface area contributed by atoms with Gasteiger partial charge in [-0.25, -0.2) is 8.42 Å². The summed E-state index contributed by atoms with van der Waals surface area (Å²) in [5.74, 6) is 0.502. The number of nitrogens with one attached hydrogen (secondary N) is 1. The normalized spacial score (nSPS) is 25.1. The summed E-state index contributed by atoms with van der Waals surface area (Å²) in [7, 11) is -2.88. The van der Waals surface area contributed by atoms with Crippen molar-refractivity contribution >= 4 is 20.7 Å². The van der Waals surface area contributed by atoms with Gasteiger partial charge in [0.25, 0.3) is 0 Å². The first-order chi connectivity index (χ1) is 9.48. The molecule has 0 amide bonds. The van der Waals surface area contributed by atoms with E-state index in [1.807, 2.05) is 37.3 Å². The maximum absolute atomic E-state index is 11.6. The zero-order valence-corrected chi connectivity index (χ0v) is 12.3. The Balaban J connectivity index is 1.81. The zero-order chi connectivity index (χ0) is 14.2. The topological polar surface area (TPSA) is 59.1 Å². The highest BCUT2D eigenvalue weighted by Crippen LogP contribution is 2.24. The number of fused-ring (bicyclic) bond motifs is 1. The molecule has 1 unspecified atom stereocenters. The molecule has 2 aromatic rings. The fourth-order valence-corrected chi connectivity index (χ4v) is 4.89. The molecule has 5 heteroatoms. The number of hydrogen-bond donors (Lipinski definition) is 1. The van der Waals surface area contributed by atoms with Crippen LogP contribution in [0.2, 0.25) is 0 Å². The van der Waals surface area contributed by atoms with Crippen molar-refractivity contribution in [3.05, 3.63) is 42.1 Å². The van der Waals surface area contributed by atoms with Crippen molar-refractivity contribution in [2.75, 3.05) is 11.5 Å². The molecule has 0 saturated carbocycles. The third-order valence-corrected chi connectivity index (χ3v) is 5.83. The first-order valence-corrected chi connectivity index (χ1v) is 8.58. The van der Waals surface area contributed by atoms with Crippen molar-refractivity contribution in [2.45, 2.75) is 25.4 Å². The Bertz CT molecular complexity index is 737. The van der Waals surface area contributed by atoms with Gasteiger partial charge in [0.05, 0.1) is 17.0 Å². The molecule has 1 aliphatic heterocycles. The van der Waals surface area contributed by atoms with E-state index < -0.39 is 9.84 Å². The highest BCUT2D eigenvalue weighted by Gasteiger charge is 2.37. The Labute approximate surface area is 119 Å². The maximum Gasteiger partial charge on any atom is 0.152 e. The molecule has 1 fully saturated rings. The Kier molecular flexibility index (Phi) is 3.26. The van der Waals surface area contributed by atoms with Crippen molar-refractivity contribution in [2.24, 2.45) is 0 Å². The lowest BCUT2D eigenvalue weighted by atomic mass is 10.0. The lowest BCUT2D eigenvalue weighted by Crippen LogP contribution is -2.42. The molecule has 1 saturated heterocycles. The predicted octanol–water partition coefficient (Wildman–Crippen LogP) is 1.90. The lowest BCUT2D eigenvalue weighted by Gasteiger charge is -2.24. The van der Waals surface area contributed by atoms with Crippen molar-refractivity contribution in [3.63, 3.8) is 0 Å². The second kappa shape index (κ2) is 4.82. The number of sulfone groups is 1. The maximum atomic E-state index is 11.6. The van der Waals surface area contributed by atoms with E-state index in [9.17, 15) is 8.42 Å². The van der Waals surface area contributed by atoms with Crippen LogP contribution < -0.4 is 5.32 Å². The fourth-order valence-electron chi connectivity index (χ4n) is 2.77. The first-order valence-electron chi connectivity index (χ1n) is 6.76. The van der Waals surface area contributed by atoms with E-state index in [1.54, 1.807) is 6.20 Å². The van der Waals surface area contributed by atoms with Crippen LogP contribution in [-0.4, -0.2) is 30.4 Å². The molecule has 1 N–H and O–H groups in total. The van der Waals surface area contributed by atoms with Crippen molar-refractivity contribution in [1.82, 2.24) is 10.3 Å². The van der Waals surface area contributed by atoms with Gasteiger partial charge in [0.15, 0.2) is 9.84 Å². The Morgan fingerprint density at radius 2 is 2.10 bits per heavy atom. The molecule has 1 aromatic heterocycles. The summed E-state index contributed by atoms with van der Waals surface area (Å²) in [6.07, 6.45) is 2.46. The highest BCUT2D eigenvalue weighted by atomic mass is 32.2. The van der Waals surface area contributed by atoms with Gasteiger partial charge in [-0.05, 0) is 25.0 Å². The molecular formula is C15H18N2O2S. The molecule has 0 radical (unpaired) electrons. The molecule has 1 atom stereocenters. The molecule has 0 bridgehead atoms. The number of pyridine rings is 1. The lowest BCUT2D eigenvalue weighted by molar-refractivity contribution is 0.396. The van der Waals surface area contributed by atoms with E-state index >= 15 is 0 Å². The minimum absolute atomic E-state index is 0.220. The van der Waals surface area contributed by atoms with Gasteiger partial charge >= 0.3 is 0 Å². The highest BCUT2D eigenvalue weighted by molar-refractivity contribution is 7.91. The van der Waals surface area contributed by atoms with Gasteiger partial charge < -0.3 is 5.32 Å². The van der Waals surface area contributed by atoms with Crippen LogP contribution in [0.25, 0.3) is 10.9 Å². The predicted molar refractivity (Wildman–Crippen MR) is 80.3 cm³/mol. The summed E-state index contributed by atoms with van der Waals surface area (Å²) in [5, 5.41) is 4.51. The molecule has 1 aromatic carbocycles. The summed E-state index contributed by atoms with van der Waals surface area (Å²) in [4.78, 5) is 4.42. The third-order valence-electron chi connectivity index (χ3n) is 3.93. The molecule has 20 heavy (non-hydrogen) atoms. The number of para-hydroxylation sites is 1. The van der Waals surface area contributed by atoms with Gasteiger partial charge in [-0.3, -0.25) is 4.98 Å². The van der Waals surface area contributed by atoms with E-state index in [-0.39, 0.29) is 17.0 Å². The van der Waals surface area contributed by atoms with Crippen LogP contribution in [0.3, 0.4) is 0 Å². The molecule has 3 rings (SSSR count). The Morgan fingerprint density at radius 3 is 2.85 bits per heavy atom. The summed E-state index contributed by atoms with van der Waals surface area (Å²) >= 11 is 0. The van der Waals surface area contributed by atoms with Crippen LogP contribution in [0.4, 0.5) is 0 Å². The average Bonchev–Trinajstić information content (AvgIpc) is 2.71. The van der Waals surface area contributed by atoms with Crippen LogP contribution in [-0.2, 0) is 16.4 Å². The van der Waals surface area contributed by atoms with E-state index in [0.717, 1.165) is 16.5 Å². The van der Waals surface area contributed by atoms with Crippen molar-refractivity contribution in [3.8, 4) is 0 Å². The second-order valence-corrected chi connectivity index (χ2v) is 7.93. The van der Waals surface area contributed by atoms with Crippen LogP contribution in [0.5, 0.6) is 0 Å². The standard InChI is InChI=1S/C15H18N2O2S/c1-15(7-9-20(18,19)11-15)17-10-13-5-2-4-12-6-3-8-16-14(12)13/h2-6,8,17H,7,9-11H2,1H3. The molecule has 4 nitrogen and oxygen atoms in total. The summed E-state index contributed by atoms with van der Waals surface area (Å²) in [6.45, 7) is 2.62. The quantitative estimate of drug-likeness (QED) is 0.938. The smallest absolute Gasteiger partial charge is 0.152 e. The number of benzene rings is 1. The van der Waals surface area contributed by atoms with Gasteiger partial charge in [0.1, 0.15) is 0 Å². The summed E-state index contributed by atoms with van der Waals surface area (Å²) in [6, 6.07) is 10.0. The average molecular weight is 290 g/mol. The molecule has 106 valence electrons. The molecule has 2 heterocycles. The SMILES string of the molecule is CC1(NCc2cccc3cccnc23)CCS(=O)(=O)C1. The third kappa shape index (κ3) is 2.69. The number of nitrogens with zero attached hydrogens (tertiary/aromatic N) is 1. The molecule has 0 spiro atoms. The first kappa shape index (κ1) is 13.5. The minimum Gasteiger partial charge on any atom is -0.306 e. The van der Waals surface area contributed by atoms with Crippen molar-refractivity contribution in [1.29, 1.82) is 0 Å². The fraction of sp³-hybridized carbons (Fsp3) is 0.400. The molecular weight excluding hydrogens is 272 g/mol. The number of rotatable bonds is 3.